The lowest BCUT2D eigenvalue weighted by Gasteiger charge is -2.24. The maximum absolute atomic E-state index is 11.0. The van der Waals surface area contributed by atoms with Crippen molar-refractivity contribution in [3.63, 3.8) is 0 Å². The van der Waals surface area contributed by atoms with E-state index in [1.807, 2.05) is 6.07 Å². The monoisotopic (exact) mass is 299 g/mol. The Kier molecular flexibility index (Phi) is 5.48. The second kappa shape index (κ2) is 6.64. The molecule has 0 aliphatic carbocycles. The third-order valence-electron chi connectivity index (χ3n) is 2.48. The summed E-state index contributed by atoms with van der Waals surface area (Å²) in [6, 6.07) is 5.33. The number of hydrogen-bond donors (Lipinski definition) is 1. The summed E-state index contributed by atoms with van der Waals surface area (Å²) in [5, 5.41) is 9.04. The Labute approximate surface area is 111 Å². The zero-order valence-corrected chi connectivity index (χ0v) is 11.8. The van der Waals surface area contributed by atoms with Crippen LogP contribution >= 0.6 is 15.9 Å². The fraction of sp³-hybridized carbons (Fsp3) is 0.462. The molecule has 3 nitrogen and oxygen atoms in total. The molecular formula is C13H18BrNO2. The van der Waals surface area contributed by atoms with Crippen LogP contribution in [-0.4, -0.2) is 24.2 Å². The van der Waals surface area contributed by atoms with Crippen LogP contribution in [-0.2, 0) is 0 Å². The minimum absolute atomic E-state index is 0.326. The molecule has 1 N–H and O–H groups in total. The van der Waals surface area contributed by atoms with Gasteiger partial charge in [-0.25, -0.2) is 4.79 Å². The molecule has 0 atom stereocenters. The van der Waals surface area contributed by atoms with E-state index in [4.69, 9.17) is 5.11 Å². The fourth-order valence-electron chi connectivity index (χ4n) is 1.79. The van der Waals surface area contributed by atoms with E-state index < -0.39 is 5.97 Å². The molecule has 0 spiro atoms. The minimum atomic E-state index is -0.888. The molecule has 0 fully saturated rings. The first-order valence-corrected chi connectivity index (χ1v) is 6.66. The van der Waals surface area contributed by atoms with E-state index in [-0.39, 0.29) is 0 Å². The maximum atomic E-state index is 11.0. The van der Waals surface area contributed by atoms with Gasteiger partial charge in [-0.2, -0.15) is 0 Å². The molecule has 0 amide bonds. The molecule has 1 aromatic rings. The van der Waals surface area contributed by atoms with Crippen LogP contribution in [0.5, 0.6) is 0 Å². The second-order valence-electron chi connectivity index (χ2n) is 3.99. The van der Waals surface area contributed by atoms with Gasteiger partial charge in [0.1, 0.15) is 0 Å². The van der Waals surface area contributed by atoms with E-state index in [2.05, 4.69) is 34.7 Å². The lowest BCUT2D eigenvalue weighted by atomic mass is 10.2. The first-order valence-electron chi connectivity index (χ1n) is 5.87. The molecule has 4 heteroatoms. The predicted molar refractivity (Wildman–Crippen MR) is 73.9 cm³/mol. The summed E-state index contributed by atoms with van der Waals surface area (Å²) in [5.41, 5.74) is 1.30. The highest BCUT2D eigenvalue weighted by Gasteiger charge is 2.10. The van der Waals surface area contributed by atoms with Crippen molar-refractivity contribution in [2.24, 2.45) is 0 Å². The molecule has 0 heterocycles. The fourth-order valence-corrected chi connectivity index (χ4v) is 2.27. The van der Waals surface area contributed by atoms with Gasteiger partial charge in [0.25, 0.3) is 0 Å². The number of nitrogens with zero attached hydrogens (tertiary/aromatic N) is 1. The number of halogens is 1. The van der Waals surface area contributed by atoms with E-state index in [9.17, 15) is 4.79 Å². The molecule has 0 aromatic heterocycles. The van der Waals surface area contributed by atoms with Gasteiger partial charge < -0.3 is 10.0 Å². The van der Waals surface area contributed by atoms with Crippen molar-refractivity contribution in [3.05, 3.63) is 28.2 Å². The van der Waals surface area contributed by atoms with Crippen molar-refractivity contribution < 1.29 is 9.90 Å². The maximum Gasteiger partial charge on any atom is 0.335 e. The summed E-state index contributed by atoms with van der Waals surface area (Å²) in [6.45, 7) is 6.14. The average molecular weight is 300 g/mol. The van der Waals surface area contributed by atoms with Gasteiger partial charge in [-0.1, -0.05) is 29.8 Å². The lowest BCUT2D eigenvalue weighted by molar-refractivity contribution is 0.0697. The molecule has 0 aliphatic rings. The van der Waals surface area contributed by atoms with E-state index in [1.165, 1.54) is 0 Å². The summed E-state index contributed by atoms with van der Waals surface area (Å²) < 4.78 is 0.810. The number of anilines is 1. The SMILES string of the molecule is CCCN(CCC)c1cc(Br)cc(C(=O)O)c1. The van der Waals surface area contributed by atoms with E-state index >= 15 is 0 Å². The standard InChI is InChI=1S/C13H18BrNO2/c1-3-5-15(6-4-2)12-8-10(13(16)17)7-11(14)9-12/h7-9H,3-6H2,1-2H3,(H,16,17). The van der Waals surface area contributed by atoms with E-state index in [1.54, 1.807) is 12.1 Å². The van der Waals surface area contributed by atoms with E-state index in [0.29, 0.717) is 5.56 Å². The average Bonchev–Trinajstić information content (AvgIpc) is 2.28. The Hall–Kier alpha value is -1.03. The Morgan fingerprint density at radius 3 is 2.29 bits per heavy atom. The minimum Gasteiger partial charge on any atom is -0.478 e. The van der Waals surface area contributed by atoms with Crippen LogP contribution in [0.3, 0.4) is 0 Å². The van der Waals surface area contributed by atoms with Crippen LogP contribution in [0.4, 0.5) is 5.69 Å². The van der Waals surface area contributed by atoms with Crippen LogP contribution < -0.4 is 4.90 Å². The number of rotatable bonds is 6. The predicted octanol–water partition coefficient (Wildman–Crippen LogP) is 3.77. The molecule has 17 heavy (non-hydrogen) atoms. The largest absolute Gasteiger partial charge is 0.478 e. The van der Waals surface area contributed by atoms with Gasteiger partial charge in [0, 0.05) is 23.2 Å². The summed E-state index contributed by atoms with van der Waals surface area (Å²) in [5.74, 6) is -0.888. The number of carbonyl (C=O) groups is 1. The molecule has 0 saturated heterocycles. The normalized spacial score (nSPS) is 10.3. The Bertz CT molecular complexity index is 387. The highest BCUT2D eigenvalue weighted by Crippen LogP contribution is 2.23. The van der Waals surface area contributed by atoms with Gasteiger partial charge >= 0.3 is 5.97 Å². The van der Waals surface area contributed by atoms with Gasteiger partial charge in [0.05, 0.1) is 5.56 Å². The molecule has 0 unspecified atom stereocenters. The summed E-state index contributed by atoms with van der Waals surface area (Å²) in [7, 11) is 0. The van der Waals surface area contributed by atoms with Gasteiger partial charge in [-0.3, -0.25) is 0 Å². The number of carboxylic acid groups (broad SMARTS) is 1. The van der Waals surface area contributed by atoms with Crippen molar-refractivity contribution in [2.45, 2.75) is 26.7 Å². The first kappa shape index (κ1) is 14.0. The van der Waals surface area contributed by atoms with Gasteiger partial charge in [0.15, 0.2) is 0 Å². The molecule has 0 bridgehead atoms. The molecule has 1 rings (SSSR count). The lowest BCUT2D eigenvalue weighted by Crippen LogP contribution is -2.25. The van der Waals surface area contributed by atoms with E-state index in [0.717, 1.165) is 36.1 Å². The molecule has 0 saturated carbocycles. The Morgan fingerprint density at radius 1 is 1.24 bits per heavy atom. The number of hydrogen-bond acceptors (Lipinski definition) is 2. The first-order chi connectivity index (χ1) is 8.08. The van der Waals surface area contributed by atoms with Crippen LogP contribution in [0.2, 0.25) is 0 Å². The highest BCUT2D eigenvalue weighted by atomic mass is 79.9. The van der Waals surface area contributed by atoms with Crippen LogP contribution in [0, 0.1) is 0 Å². The zero-order valence-electron chi connectivity index (χ0n) is 10.2. The molecular weight excluding hydrogens is 282 g/mol. The molecule has 1 aromatic carbocycles. The molecule has 0 radical (unpaired) electrons. The van der Waals surface area contributed by atoms with Crippen molar-refractivity contribution in [3.8, 4) is 0 Å². The second-order valence-corrected chi connectivity index (χ2v) is 4.91. The van der Waals surface area contributed by atoms with Gasteiger partial charge in [-0.15, -0.1) is 0 Å². The summed E-state index contributed by atoms with van der Waals surface area (Å²) >= 11 is 3.36. The molecule has 94 valence electrons. The van der Waals surface area contributed by atoms with Gasteiger partial charge in [-0.05, 0) is 31.0 Å². The zero-order chi connectivity index (χ0) is 12.8. The van der Waals surface area contributed by atoms with Crippen LogP contribution in [0.1, 0.15) is 37.0 Å². The van der Waals surface area contributed by atoms with Gasteiger partial charge in [0.2, 0.25) is 0 Å². The smallest absolute Gasteiger partial charge is 0.335 e. The number of benzene rings is 1. The van der Waals surface area contributed by atoms with Crippen molar-refractivity contribution in [1.82, 2.24) is 0 Å². The van der Waals surface area contributed by atoms with Crippen molar-refractivity contribution >= 4 is 27.6 Å². The Morgan fingerprint density at radius 2 is 1.82 bits per heavy atom. The summed E-state index contributed by atoms with van der Waals surface area (Å²) in [6.07, 6.45) is 2.10. The molecule has 0 aliphatic heterocycles. The quantitative estimate of drug-likeness (QED) is 0.869. The van der Waals surface area contributed by atoms with Crippen molar-refractivity contribution in [2.75, 3.05) is 18.0 Å². The topological polar surface area (TPSA) is 40.5 Å². The van der Waals surface area contributed by atoms with Crippen molar-refractivity contribution in [1.29, 1.82) is 0 Å². The third kappa shape index (κ3) is 4.04. The number of carboxylic acids is 1. The summed E-state index contributed by atoms with van der Waals surface area (Å²) in [4.78, 5) is 13.2. The van der Waals surface area contributed by atoms with Crippen LogP contribution in [0.25, 0.3) is 0 Å². The number of aromatic carboxylic acids is 1. The third-order valence-corrected chi connectivity index (χ3v) is 2.94. The Balaban J connectivity index is 3.04. The van der Waals surface area contributed by atoms with Crippen LogP contribution in [0.15, 0.2) is 22.7 Å². The highest BCUT2D eigenvalue weighted by molar-refractivity contribution is 9.10.